The Morgan fingerprint density at radius 1 is 0.923 bits per heavy atom. The fourth-order valence-corrected chi connectivity index (χ4v) is 2.82. The third-order valence-electron chi connectivity index (χ3n) is 3.79. The van der Waals surface area contributed by atoms with Crippen molar-refractivity contribution in [2.75, 3.05) is 47.5 Å². The van der Waals surface area contributed by atoms with Crippen molar-refractivity contribution in [3.8, 4) is 5.75 Å². The Morgan fingerprint density at radius 3 is 2.27 bits per heavy atom. The van der Waals surface area contributed by atoms with Crippen LogP contribution in [0.4, 0.5) is 0 Å². The lowest BCUT2D eigenvalue weighted by Gasteiger charge is -2.23. The van der Waals surface area contributed by atoms with E-state index in [2.05, 4.69) is 21.1 Å². The van der Waals surface area contributed by atoms with Gasteiger partial charge in [-0.15, -0.1) is 0 Å². The molecule has 2 N–H and O–H groups in total. The summed E-state index contributed by atoms with van der Waals surface area (Å²) in [5.41, 5.74) is 0. The van der Waals surface area contributed by atoms with Crippen LogP contribution in [-0.4, -0.2) is 68.1 Å². The zero-order chi connectivity index (χ0) is 19.3. The van der Waals surface area contributed by atoms with Crippen molar-refractivity contribution in [3.05, 3.63) is 30.3 Å². The minimum absolute atomic E-state index is 0.334. The molecule has 0 aliphatic rings. The number of aliphatic hydroxyl groups excluding tert-OH is 1. The lowest BCUT2D eigenvalue weighted by molar-refractivity contribution is -0.870. The Bertz CT molecular complexity index is 455. The molecule has 6 nitrogen and oxygen atoms in total. The molecule has 0 aliphatic heterocycles. The first-order valence-electron chi connectivity index (χ1n) is 9.28. The predicted molar refractivity (Wildman–Crippen MR) is 105 cm³/mol. The quantitative estimate of drug-likeness (QED) is 0.274. The second-order valence-electron chi connectivity index (χ2n) is 7.37. The van der Waals surface area contributed by atoms with Crippen molar-refractivity contribution >= 4 is 8.60 Å². The van der Waals surface area contributed by atoms with E-state index in [9.17, 15) is 10.00 Å². The van der Waals surface area contributed by atoms with Gasteiger partial charge in [0.25, 0.3) is 0 Å². The maximum absolute atomic E-state index is 9.97. The molecule has 0 radical (unpaired) electrons. The standard InChI is InChI=1S/C19H35NO5P/c1-20(2,3)14-17-25-26(22)24-16-9-11-18(21)10-7-8-15-23-19-12-5-4-6-13-19/h4-6,12-13,18,21-22H,7-11,14-17H2,1-3H3/q+1. The van der Waals surface area contributed by atoms with Crippen molar-refractivity contribution in [1.29, 1.82) is 0 Å². The SMILES string of the molecule is C[N+](C)(C)CCOP(O)OCCCC(O)CCCCOc1ccccc1. The van der Waals surface area contributed by atoms with Gasteiger partial charge in [0.15, 0.2) is 0 Å². The van der Waals surface area contributed by atoms with Gasteiger partial charge in [0.1, 0.15) is 18.9 Å². The fraction of sp³-hybridized carbons (Fsp3) is 0.684. The van der Waals surface area contributed by atoms with Crippen LogP contribution in [0.3, 0.4) is 0 Å². The van der Waals surface area contributed by atoms with E-state index in [1.54, 1.807) is 0 Å². The number of nitrogens with zero attached hydrogens (tertiary/aromatic N) is 1. The lowest BCUT2D eigenvalue weighted by Crippen LogP contribution is -2.37. The largest absolute Gasteiger partial charge is 0.494 e. The lowest BCUT2D eigenvalue weighted by atomic mass is 10.1. The molecule has 0 saturated heterocycles. The molecule has 26 heavy (non-hydrogen) atoms. The smallest absolute Gasteiger partial charge is 0.330 e. The topological polar surface area (TPSA) is 68.2 Å². The Hall–Kier alpha value is -0.750. The van der Waals surface area contributed by atoms with Crippen molar-refractivity contribution in [3.63, 3.8) is 0 Å². The van der Waals surface area contributed by atoms with Crippen LogP contribution in [0.2, 0.25) is 0 Å². The Labute approximate surface area is 159 Å². The summed E-state index contributed by atoms with van der Waals surface area (Å²) in [7, 11) is 4.39. The van der Waals surface area contributed by atoms with Crippen LogP contribution in [0.1, 0.15) is 32.1 Å². The van der Waals surface area contributed by atoms with E-state index in [1.807, 2.05) is 30.3 Å². The highest BCUT2D eigenvalue weighted by atomic mass is 31.2. The Morgan fingerprint density at radius 2 is 1.58 bits per heavy atom. The van der Waals surface area contributed by atoms with Gasteiger partial charge in [-0.3, -0.25) is 0 Å². The number of unbranched alkanes of at least 4 members (excludes halogenated alkanes) is 1. The third-order valence-corrected chi connectivity index (χ3v) is 4.60. The number of hydrogen-bond acceptors (Lipinski definition) is 5. The molecule has 1 aromatic rings. The molecule has 0 bridgehead atoms. The average Bonchev–Trinajstić information content (AvgIpc) is 2.58. The molecule has 0 spiro atoms. The predicted octanol–water partition coefficient (Wildman–Crippen LogP) is 3.34. The molecule has 0 saturated carbocycles. The minimum atomic E-state index is -1.81. The van der Waals surface area contributed by atoms with Gasteiger partial charge in [0.05, 0.1) is 40.5 Å². The summed E-state index contributed by atoms with van der Waals surface area (Å²) in [6.45, 7) is 2.36. The fourth-order valence-electron chi connectivity index (χ4n) is 2.22. The molecule has 1 rings (SSSR count). The van der Waals surface area contributed by atoms with Gasteiger partial charge in [0, 0.05) is 0 Å². The van der Waals surface area contributed by atoms with Crippen LogP contribution < -0.4 is 4.74 Å². The summed E-state index contributed by atoms with van der Waals surface area (Å²) in [5, 5.41) is 9.97. The van der Waals surface area contributed by atoms with Crippen molar-refractivity contribution in [2.24, 2.45) is 0 Å². The van der Waals surface area contributed by atoms with Gasteiger partial charge < -0.3 is 28.3 Å². The first-order chi connectivity index (χ1) is 12.4. The number of para-hydroxylation sites is 1. The van der Waals surface area contributed by atoms with Gasteiger partial charge in [-0.05, 0) is 44.2 Å². The number of hydrogen-bond donors (Lipinski definition) is 2. The molecule has 1 aromatic carbocycles. The van der Waals surface area contributed by atoms with Crippen molar-refractivity contribution < 1.29 is 28.3 Å². The summed E-state index contributed by atoms with van der Waals surface area (Å²) >= 11 is 0. The van der Waals surface area contributed by atoms with E-state index in [-0.39, 0.29) is 6.10 Å². The van der Waals surface area contributed by atoms with E-state index in [0.29, 0.717) is 32.7 Å². The number of rotatable bonds is 15. The van der Waals surface area contributed by atoms with Crippen LogP contribution in [0, 0.1) is 0 Å². The number of likely N-dealkylation sites (N-methyl/N-ethyl adjacent to an activating group) is 1. The molecule has 0 fully saturated rings. The van der Waals surface area contributed by atoms with Crippen molar-refractivity contribution in [1.82, 2.24) is 0 Å². The van der Waals surface area contributed by atoms with Gasteiger partial charge >= 0.3 is 8.60 Å². The summed E-state index contributed by atoms with van der Waals surface area (Å²) in [4.78, 5) is 9.64. The second kappa shape index (κ2) is 13.4. The monoisotopic (exact) mass is 388 g/mol. The number of benzene rings is 1. The molecule has 0 heterocycles. The molecule has 2 unspecified atom stereocenters. The summed E-state index contributed by atoms with van der Waals surface area (Å²) < 4.78 is 16.9. The third kappa shape index (κ3) is 13.5. The molecule has 7 heteroatoms. The van der Waals surface area contributed by atoms with Crippen LogP contribution in [0.15, 0.2) is 30.3 Å². The number of quaternary nitrogens is 1. The van der Waals surface area contributed by atoms with Crippen molar-refractivity contribution in [2.45, 2.75) is 38.2 Å². The summed E-state index contributed by atoms with van der Waals surface area (Å²) in [5.74, 6) is 0.884. The van der Waals surface area contributed by atoms with E-state index in [4.69, 9.17) is 13.8 Å². The van der Waals surface area contributed by atoms with E-state index in [0.717, 1.165) is 36.0 Å². The Kier molecular flexibility index (Phi) is 12.0. The minimum Gasteiger partial charge on any atom is -0.494 e. The molecule has 0 amide bonds. The first-order valence-corrected chi connectivity index (χ1v) is 10.4. The van der Waals surface area contributed by atoms with E-state index in [1.165, 1.54) is 0 Å². The normalized spacial score (nSPS) is 14.2. The van der Waals surface area contributed by atoms with Crippen LogP contribution in [-0.2, 0) is 9.05 Å². The number of ether oxygens (including phenoxy) is 1. The van der Waals surface area contributed by atoms with E-state index >= 15 is 0 Å². The molecular weight excluding hydrogens is 353 g/mol. The highest BCUT2D eigenvalue weighted by Gasteiger charge is 2.12. The van der Waals surface area contributed by atoms with Crippen LogP contribution in [0.5, 0.6) is 5.75 Å². The van der Waals surface area contributed by atoms with Gasteiger partial charge in [-0.2, -0.15) is 0 Å². The van der Waals surface area contributed by atoms with Crippen LogP contribution >= 0.6 is 8.60 Å². The first kappa shape index (κ1) is 23.3. The highest BCUT2D eigenvalue weighted by Crippen LogP contribution is 2.32. The number of aliphatic hydroxyl groups is 1. The molecule has 0 aromatic heterocycles. The Balaban J connectivity index is 1.92. The summed E-state index contributed by atoms with van der Waals surface area (Å²) in [6, 6.07) is 9.75. The molecule has 2 atom stereocenters. The zero-order valence-corrected chi connectivity index (χ0v) is 17.2. The maximum atomic E-state index is 9.97. The summed E-state index contributed by atoms with van der Waals surface area (Å²) in [6.07, 6.45) is 3.65. The van der Waals surface area contributed by atoms with Gasteiger partial charge in [-0.1, -0.05) is 18.2 Å². The highest BCUT2D eigenvalue weighted by molar-refractivity contribution is 7.40. The molecule has 150 valence electrons. The van der Waals surface area contributed by atoms with Crippen LogP contribution in [0.25, 0.3) is 0 Å². The van der Waals surface area contributed by atoms with Gasteiger partial charge in [-0.25, -0.2) is 0 Å². The molecule has 0 aliphatic carbocycles. The molecular formula is C19H35NO5P+. The van der Waals surface area contributed by atoms with Gasteiger partial charge in [0.2, 0.25) is 0 Å². The maximum Gasteiger partial charge on any atom is 0.330 e. The zero-order valence-electron chi connectivity index (χ0n) is 16.3. The average molecular weight is 388 g/mol. The second-order valence-corrected chi connectivity index (χ2v) is 8.36. The van der Waals surface area contributed by atoms with E-state index < -0.39 is 8.60 Å².